The largest absolute Gasteiger partial charge is 0.382 e. The van der Waals surface area contributed by atoms with Gasteiger partial charge in [-0.3, -0.25) is 4.79 Å². The van der Waals surface area contributed by atoms with E-state index >= 15 is 0 Å². The summed E-state index contributed by atoms with van der Waals surface area (Å²) >= 11 is 1.46. The number of hydrogen-bond acceptors (Lipinski definition) is 5. The van der Waals surface area contributed by atoms with Crippen LogP contribution in [0.3, 0.4) is 0 Å². The summed E-state index contributed by atoms with van der Waals surface area (Å²) in [6.07, 6.45) is 5.38. The Morgan fingerprint density at radius 2 is 2.19 bits per heavy atom. The number of halogens is 1. The van der Waals surface area contributed by atoms with Gasteiger partial charge in [0.1, 0.15) is 11.9 Å². The van der Waals surface area contributed by atoms with Crippen LogP contribution in [-0.2, 0) is 4.74 Å². The van der Waals surface area contributed by atoms with Crippen molar-refractivity contribution in [1.82, 2.24) is 20.1 Å². The Kier molecular flexibility index (Phi) is 5.41. The van der Waals surface area contributed by atoms with Gasteiger partial charge in [-0.05, 0) is 35.7 Å². The number of terminal acetylenes is 1. The second-order valence-electron chi connectivity index (χ2n) is 5.27. The molecular weight excluding hydrogens is 355 g/mol. The molecule has 3 aromatic rings. The average Bonchev–Trinajstić information content (AvgIpc) is 3.31. The topological polar surface area (TPSA) is 69.0 Å². The lowest BCUT2D eigenvalue weighted by molar-refractivity contribution is 0.0909. The van der Waals surface area contributed by atoms with Crippen molar-refractivity contribution in [2.24, 2.45) is 0 Å². The molecule has 0 saturated carbocycles. The molecular formula is C18H15FN4O2S. The Morgan fingerprint density at radius 1 is 1.42 bits per heavy atom. The molecule has 2 heterocycles. The second-order valence-corrected chi connectivity index (χ2v) is 6.22. The van der Waals surface area contributed by atoms with Crippen molar-refractivity contribution in [1.29, 1.82) is 0 Å². The van der Waals surface area contributed by atoms with Crippen molar-refractivity contribution in [2.75, 3.05) is 13.7 Å². The molecule has 8 heteroatoms. The van der Waals surface area contributed by atoms with Gasteiger partial charge in [-0.2, -0.15) is 0 Å². The molecule has 1 unspecified atom stereocenters. The van der Waals surface area contributed by atoms with Gasteiger partial charge < -0.3 is 10.1 Å². The van der Waals surface area contributed by atoms with Crippen molar-refractivity contribution in [3.05, 3.63) is 53.4 Å². The van der Waals surface area contributed by atoms with Gasteiger partial charge in [-0.1, -0.05) is 12.0 Å². The van der Waals surface area contributed by atoms with Gasteiger partial charge in [0, 0.05) is 7.11 Å². The van der Waals surface area contributed by atoms with Gasteiger partial charge in [-0.25, -0.2) is 14.1 Å². The predicted octanol–water partition coefficient (Wildman–Crippen LogP) is 2.51. The first-order valence-electron chi connectivity index (χ1n) is 7.65. The molecule has 2 aromatic heterocycles. The molecule has 0 aliphatic rings. The Bertz CT molecular complexity index is 929. The Balaban J connectivity index is 1.98. The molecule has 0 aliphatic carbocycles. The van der Waals surface area contributed by atoms with E-state index < -0.39 is 11.9 Å². The Labute approximate surface area is 153 Å². The zero-order valence-electron chi connectivity index (χ0n) is 13.8. The number of hydrogen-bond donors (Lipinski definition) is 1. The number of nitrogens with zero attached hydrogens (tertiary/aromatic N) is 3. The summed E-state index contributed by atoms with van der Waals surface area (Å²) in [5.74, 6) is 2.01. The molecule has 0 spiro atoms. The summed E-state index contributed by atoms with van der Waals surface area (Å²) in [5, 5.41) is 8.81. The number of methoxy groups -OCH3 is 1. The van der Waals surface area contributed by atoms with Gasteiger partial charge in [0.05, 0.1) is 17.2 Å². The van der Waals surface area contributed by atoms with Gasteiger partial charge in [0.2, 0.25) is 5.82 Å². The highest BCUT2D eigenvalue weighted by atomic mass is 32.1. The third-order valence-corrected chi connectivity index (χ3v) is 4.33. The van der Waals surface area contributed by atoms with Crippen molar-refractivity contribution < 1.29 is 13.9 Å². The summed E-state index contributed by atoms with van der Waals surface area (Å²) in [6, 6.07) is 8.93. The SMILES string of the molecule is C#CC(COC)NC(=O)c1nc(-c2cccs2)n(-c2ccc(F)cc2)n1. The van der Waals surface area contributed by atoms with Gasteiger partial charge in [-0.15, -0.1) is 22.9 Å². The minimum absolute atomic E-state index is 0.0333. The molecule has 1 atom stereocenters. The van der Waals surface area contributed by atoms with Crippen molar-refractivity contribution >= 4 is 17.2 Å². The van der Waals surface area contributed by atoms with E-state index in [1.165, 1.54) is 35.3 Å². The van der Waals surface area contributed by atoms with Crippen LogP contribution in [0.5, 0.6) is 0 Å². The minimum Gasteiger partial charge on any atom is -0.382 e. The third kappa shape index (κ3) is 3.79. The summed E-state index contributed by atoms with van der Waals surface area (Å²) in [7, 11) is 1.49. The van der Waals surface area contributed by atoms with Crippen LogP contribution in [0.25, 0.3) is 16.4 Å². The summed E-state index contributed by atoms with van der Waals surface area (Å²) < 4.78 is 19.7. The standard InChI is InChI=1S/C18H15FN4O2S/c1-3-13(11-25-2)20-18(24)16-21-17(15-5-4-10-26-15)23(22-16)14-8-6-12(19)7-9-14/h1,4-10,13H,11H2,2H3,(H,20,24). The zero-order valence-corrected chi connectivity index (χ0v) is 14.7. The smallest absolute Gasteiger partial charge is 0.292 e. The number of benzene rings is 1. The van der Waals surface area contributed by atoms with Crippen LogP contribution in [0.2, 0.25) is 0 Å². The highest BCUT2D eigenvalue weighted by Gasteiger charge is 2.21. The molecule has 26 heavy (non-hydrogen) atoms. The first kappa shape index (κ1) is 17.8. The van der Waals surface area contributed by atoms with Crippen molar-refractivity contribution in [3.63, 3.8) is 0 Å². The number of carbonyl (C=O) groups is 1. The fraction of sp³-hybridized carbons (Fsp3) is 0.167. The van der Waals surface area contributed by atoms with E-state index in [4.69, 9.17) is 11.2 Å². The first-order chi connectivity index (χ1) is 12.6. The van der Waals surface area contributed by atoms with E-state index in [1.807, 2.05) is 17.5 Å². The van der Waals surface area contributed by atoms with E-state index in [0.29, 0.717) is 11.5 Å². The number of thiophene rings is 1. The van der Waals surface area contributed by atoms with Crippen molar-refractivity contribution in [2.45, 2.75) is 6.04 Å². The monoisotopic (exact) mass is 370 g/mol. The second kappa shape index (κ2) is 7.91. The number of ether oxygens (including phenoxy) is 1. The highest BCUT2D eigenvalue weighted by molar-refractivity contribution is 7.13. The number of amides is 1. The lowest BCUT2D eigenvalue weighted by Crippen LogP contribution is -2.37. The summed E-state index contributed by atoms with van der Waals surface area (Å²) in [5.41, 5.74) is 0.590. The number of aromatic nitrogens is 3. The van der Waals surface area contributed by atoms with E-state index in [9.17, 15) is 9.18 Å². The maximum absolute atomic E-state index is 13.2. The van der Waals surface area contributed by atoms with E-state index in [1.54, 1.807) is 12.1 Å². The van der Waals surface area contributed by atoms with Crippen LogP contribution in [0, 0.1) is 18.2 Å². The normalized spacial score (nSPS) is 11.7. The molecule has 0 aliphatic heterocycles. The molecule has 1 amide bonds. The lowest BCUT2D eigenvalue weighted by atomic mass is 10.3. The zero-order chi connectivity index (χ0) is 18.5. The predicted molar refractivity (Wildman–Crippen MR) is 96.6 cm³/mol. The molecule has 1 aromatic carbocycles. The van der Waals surface area contributed by atoms with Crippen molar-refractivity contribution in [3.8, 4) is 28.7 Å². The number of carbonyl (C=O) groups excluding carboxylic acids is 1. The molecule has 3 rings (SSSR count). The number of nitrogens with one attached hydrogen (secondary N) is 1. The Hall–Kier alpha value is -3.02. The first-order valence-corrected chi connectivity index (χ1v) is 8.53. The number of rotatable bonds is 6. The maximum Gasteiger partial charge on any atom is 0.292 e. The molecule has 0 saturated heterocycles. The van der Waals surface area contributed by atoms with Gasteiger partial charge >= 0.3 is 0 Å². The lowest BCUT2D eigenvalue weighted by Gasteiger charge is -2.09. The van der Waals surface area contributed by atoms with E-state index in [-0.39, 0.29) is 18.2 Å². The minimum atomic E-state index is -0.588. The summed E-state index contributed by atoms with van der Waals surface area (Å²) in [6.45, 7) is 0.179. The van der Waals surface area contributed by atoms with Gasteiger partial charge in [0.15, 0.2) is 5.82 Å². The summed E-state index contributed by atoms with van der Waals surface area (Å²) in [4.78, 5) is 17.6. The molecule has 0 radical (unpaired) electrons. The molecule has 1 N–H and O–H groups in total. The fourth-order valence-electron chi connectivity index (χ4n) is 2.26. The van der Waals surface area contributed by atoms with E-state index in [0.717, 1.165) is 4.88 Å². The molecule has 132 valence electrons. The quantitative estimate of drug-likeness (QED) is 0.677. The molecule has 0 bridgehead atoms. The van der Waals surface area contributed by atoms with Crippen LogP contribution < -0.4 is 5.32 Å². The van der Waals surface area contributed by atoms with Gasteiger partial charge in [0.25, 0.3) is 5.91 Å². The van der Waals surface area contributed by atoms with E-state index in [2.05, 4.69) is 21.3 Å². The van der Waals surface area contributed by atoms with Crippen LogP contribution in [0.1, 0.15) is 10.6 Å². The highest BCUT2D eigenvalue weighted by Crippen LogP contribution is 2.25. The molecule has 6 nitrogen and oxygen atoms in total. The average molecular weight is 370 g/mol. The third-order valence-electron chi connectivity index (χ3n) is 3.46. The van der Waals surface area contributed by atoms with Crippen LogP contribution in [0.15, 0.2) is 41.8 Å². The van der Waals surface area contributed by atoms with Crippen LogP contribution >= 0.6 is 11.3 Å². The maximum atomic E-state index is 13.2. The Morgan fingerprint density at radius 3 is 2.81 bits per heavy atom. The van der Waals surface area contributed by atoms with Crippen LogP contribution in [-0.4, -0.2) is 40.4 Å². The molecule has 0 fully saturated rings. The van der Waals surface area contributed by atoms with Crippen LogP contribution in [0.4, 0.5) is 4.39 Å². The fourth-order valence-corrected chi connectivity index (χ4v) is 2.96.